The number of aliphatic carboxylic acids is 2. The van der Waals surface area contributed by atoms with Gasteiger partial charge in [0.05, 0.1) is 5.69 Å². The van der Waals surface area contributed by atoms with E-state index >= 15 is 0 Å². The number of aromatic amines is 1. The number of hydrogen-bond donors (Lipinski definition) is 5. The Morgan fingerprint density at radius 3 is 2.43 bits per heavy atom. The van der Waals surface area contributed by atoms with E-state index in [4.69, 9.17) is 0 Å². The van der Waals surface area contributed by atoms with Crippen molar-refractivity contribution in [3.8, 4) is 0 Å². The van der Waals surface area contributed by atoms with Crippen LogP contribution in [-0.4, -0.2) is 51.3 Å². The van der Waals surface area contributed by atoms with Crippen molar-refractivity contribution in [3.05, 3.63) is 80.8 Å². The zero-order chi connectivity index (χ0) is 32.5. The van der Waals surface area contributed by atoms with Crippen LogP contribution < -0.4 is 15.6 Å². The van der Waals surface area contributed by atoms with E-state index in [0.717, 1.165) is 45.3 Å². The lowest BCUT2D eigenvalue weighted by molar-refractivity contribution is -0.392. The standard InChI is InChI=1S/C33H43N4O6S/c1-7-20-15(2)25(36-33(20)43)12-23-16(3)21(8-10-29(38)39)26(34-23)14-27-22(9-11-30(40)41)17(4)24(35-27)13-28-31(19(6)44)18(5)32(42)37-28/h7,13-14,18-19,25,28,31,34-35H,8-12H2,1-6H3,(H5,36,37,38,39,40,41,42,43,44)/q-3/p-1/b24-13+/t18-,19+,25-,28?,31+/m1/s1. The number of carbonyl (C=O) groups excluding carboxylic acids is 2. The second-order valence-electron chi connectivity index (χ2n) is 12.0. The summed E-state index contributed by atoms with van der Waals surface area (Å²) in [5, 5.41) is 29.8. The fourth-order valence-electron chi connectivity index (χ4n) is 6.59. The highest BCUT2D eigenvalue weighted by Gasteiger charge is 2.39. The number of hydrogen-bond acceptors (Lipinski definition) is 6. The summed E-state index contributed by atoms with van der Waals surface area (Å²) in [5.41, 5.74) is 7.21. The van der Waals surface area contributed by atoms with Gasteiger partial charge in [0.15, 0.2) is 0 Å². The first-order valence-corrected chi connectivity index (χ1v) is 15.5. The van der Waals surface area contributed by atoms with Gasteiger partial charge >= 0.3 is 11.9 Å². The Hall–Kier alpha value is -3.86. The lowest BCUT2D eigenvalue weighted by Gasteiger charge is -2.30. The van der Waals surface area contributed by atoms with Gasteiger partial charge in [0.2, 0.25) is 5.91 Å². The molecule has 240 valence electrons. The molecule has 1 unspecified atom stereocenters. The molecule has 1 aromatic heterocycles. The summed E-state index contributed by atoms with van der Waals surface area (Å²) in [7, 11) is 0. The van der Waals surface area contributed by atoms with E-state index in [2.05, 4.69) is 33.6 Å². The third kappa shape index (κ3) is 6.77. The Morgan fingerprint density at radius 2 is 1.84 bits per heavy atom. The van der Waals surface area contributed by atoms with Crippen molar-refractivity contribution >= 4 is 36.4 Å². The van der Waals surface area contributed by atoms with Crippen LogP contribution in [0.2, 0.25) is 0 Å². The maximum Gasteiger partial charge on any atom is 0.302 e. The third-order valence-corrected chi connectivity index (χ3v) is 9.51. The van der Waals surface area contributed by atoms with E-state index < -0.39 is 11.9 Å². The molecule has 5 N–H and O–H groups in total. The molecular formula is C33H42N4O6S-4. The number of nitrogens with zero attached hydrogens (tertiary/aromatic N) is 1. The topological polar surface area (TPSA) is 161 Å². The predicted octanol–water partition coefficient (Wildman–Crippen LogP) is 3.73. The van der Waals surface area contributed by atoms with Crippen LogP contribution >= 0.6 is 12.6 Å². The fourth-order valence-corrected chi connectivity index (χ4v) is 7.04. The molecule has 0 spiro atoms. The van der Waals surface area contributed by atoms with Crippen molar-refractivity contribution in [1.82, 2.24) is 10.6 Å². The normalized spacial score (nSPS) is 25.0. The summed E-state index contributed by atoms with van der Waals surface area (Å²) in [6.45, 7) is 11.5. The molecule has 11 heteroatoms. The van der Waals surface area contributed by atoms with Crippen LogP contribution in [0.1, 0.15) is 76.4 Å². The van der Waals surface area contributed by atoms with E-state index in [0.29, 0.717) is 24.1 Å². The number of amides is 2. The van der Waals surface area contributed by atoms with Gasteiger partial charge in [-0.3, -0.25) is 14.4 Å². The Bertz CT molecular complexity index is 1440. The second kappa shape index (κ2) is 13.4. The average molecular weight is 623 g/mol. The van der Waals surface area contributed by atoms with Gasteiger partial charge < -0.3 is 35.9 Å². The summed E-state index contributed by atoms with van der Waals surface area (Å²) >= 11 is 4.64. The van der Waals surface area contributed by atoms with Gasteiger partial charge in [0.25, 0.3) is 0 Å². The molecule has 1 aromatic rings. The highest BCUT2D eigenvalue weighted by molar-refractivity contribution is 7.80. The number of carbonyl (C=O) groups is 4. The summed E-state index contributed by atoms with van der Waals surface area (Å²) < 4.78 is 0. The SMILES string of the molecule is C[CH-]C1=C(C)[C@@H](C[c-]2[nH+]c([CH-]C3=C(CCC(=O)O)[C-](C)/C(=C\C4NC(=O)[C@H](C)[C@H]4[C@H](C)S)N3)c(CCC(=O)O)c2C)[N-]C1=O. The van der Waals surface area contributed by atoms with Gasteiger partial charge in [-0.25, -0.2) is 5.57 Å². The molecule has 0 aromatic carbocycles. The first-order valence-electron chi connectivity index (χ1n) is 15.0. The molecule has 44 heavy (non-hydrogen) atoms. The quantitative estimate of drug-likeness (QED) is 0.165. The minimum atomic E-state index is -0.912. The number of carboxylic acids is 2. The lowest BCUT2D eigenvalue weighted by Crippen LogP contribution is -2.32. The van der Waals surface area contributed by atoms with E-state index in [1.165, 1.54) is 0 Å². The Morgan fingerprint density at radius 1 is 1.18 bits per heavy atom. The molecule has 5 atom stereocenters. The number of nitrogens with one attached hydrogen (secondary N) is 3. The number of rotatable bonds is 13. The molecular weight excluding hydrogens is 580 g/mol. The van der Waals surface area contributed by atoms with E-state index in [1.54, 1.807) is 6.42 Å². The highest BCUT2D eigenvalue weighted by atomic mass is 32.1. The molecule has 1 fully saturated rings. The minimum Gasteiger partial charge on any atom is -0.713 e. The van der Waals surface area contributed by atoms with Gasteiger partial charge in [-0.15, -0.1) is 11.6 Å². The van der Waals surface area contributed by atoms with Gasteiger partial charge in [-0.2, -0.15) is 54.3 Å². The maximum absolute atomic E-state index is 12.5. The summed E-state index contributed by atoms with van der Waals surface area (Å²) in [5.74, 6) is -1.40. The number of carboxylic acid groups (broad SMARTS) is 2. The van der Waals surface area contributed by atoms with E-state index in [9.17, 15) is 29.4 Å². The van der Waals surface area contributed by atoms with Crippen LogP contribution in [0, 0.1) is 37.5 Å². The van der Waals surface area contributed by atoms with Crippen LogP contribution in [0.25, 0.3) is 5.32 Å². The lowest BCUT2D eigenvalue weighted by atomic mass is 9.87. The zero-order valence-electron chi connectivity index (χ0n) is 26.1. The smallest absolute Gasteiger partial charge is 0.302 e. The van der Waals surface area contributed by atoms with Crippen molar-refractivity contribution in [1.29, 1.82) is 0 Å². The molecule has 1 saturated heterocycles. The number of thiol groups is 1. The van der Waals surface area contributed by atoms with Crippen molar-refractivity contribution < 1.29 is 34.4 Å². The van der Waals surface area contributed by atoms with Crippen molar-refractivity contribution in [3.63, 3.8) is 0 Å². The largest absolute Gasteiger partial charge is 0.713 e. The van der Waals surface area contributed by atoms with Crippen LogP contribution in [0.4, 0.5) is 0 Å². The van der Waals surface area contributed by atoms with E-state index in [1.807, 2.05) is 54.0 Å². The van der Waals surface area contributed by atoms with Crippen LogP contribution in [0.3, 0.4) is 0 Å². The molecule has 3 aliphatic heterocycles. The molecule has 4 rings (SSSR count). The first-order chi connectivity index (χ1) is 20.7. The van der Waals surface area contributed by atoms with Crippen LogP contribution in [0.15, 0.2) is 34.2 Å². The van der Waals surface area contributed by atoms with Gasteiger partial charge in [0.1, 0.15) is 0 Å². The third-order valence-electron chi connectivity index (χ3n) is 9.17. The summed E-state index contributed by atoms with van der Waals surface area (Å²) in [6.07, 6.45) is 6.60. The molecule has 2 amide bonds. The predicted molar refractivity (Wildman–Crippen MR) is 168 cm³/mol. The van der Waals surface area contributed by atoms with Crippen molar-refractivity contribution in [2.45, 2.75) is 91.0 Å². The molecule has 4 heterocycles. The van der Waals surface area contributed by atoms with Crippen molar-refractivity contribution in [2.75, 3.05) is 0 Å². The van der Waals surface area contributed by atoms with Gasteiger partial charge in [0, 0.05) is 30.1 Å². The Labute approximate surface area is 264 Å². The molecule has 0 aliphatic carbocycles. The van der Waals surface area contributed by atoms with Crippen LogP contribution in [0.5, 0.6) is 0 Å². The van der Waals surface area contributed by atoms with Gasteiger partial charge in [-0.05, 0) is 23.9 Å². The molecule has 0 radical (unpaired) electrons. The Kier molecular flexibility index (Phi) is 10.1. The minimum absolute atomic E-state index is 0.0177. The summed E-state index contributed by atoms with van der Waals surface area (Å²) in [4.78, 5) is 51.5. The van der Waals surface area contributed by atoms with Gasteiger partial charge in [-0.1, -0.05) is 65.6 Å². The number of allylic oxidation sites excluding steroid dienone is 2. The number of H-pyrrole nitrogens is 1. The fraction of sp³-hybridized carbons (Fsp3) is 0.485. The highest BCUT2D eigenvalue weighted by Crippen LogP contribution is 2.39. The van der Waals surface area contributed by atoms with Crippen LogP contribution in [-0.2, 0) is 32.0 Å². The molecule has 0 saturated carbocycles. The Balaban J connectivity index is 1.68. The average Bonchev–Trinajstić information content (AvgIpc) is 3.59. The first kappa shape index (κ1) is 33.0. The summed E-state index contributed by atoms with van der Waals surface area (Å²) in [6, 6.07) is -0.551. The molecule has 10 nitrogen and oxygen atoms in total. The molecule has 0 bridgehead atoms. The number of aromatic nitrogens is 1. The zero-order valence-corrected chi connectivity index (χ0v) is 27.0. The molecule has 3 aliphatic rings. The maximum atomic E-state index is 12.5. The second-order valence-corrected chi connectivity index (χ2v) is 12.8. The van der Waals surface area contributed by atoms with Crippen molar-refractivity contribution in [2.24, 2.45) is 11.8 Å². The van der Waals surface area contributed by atoms with E-state index in [-0.39, 0.29) is 60.2 Å². The monoisotopic (exact) mass is 622 g/mol.